The Bertz CT molecular complexity index is 6030. The fraction of sp³-hybridized carbons (Fsp3) is 0.115. The molecule has 1 aliphatic heterocycles. The molecule has 0 saturated carbocycles. The summed E-state index contributed by atoms with van der Waals surface area (Å²) in [4.78, 5) is 107. The summed E-state index contributed by atoms with van der Waals surface area (Å²) in [7, 11) is 6.23. The Kier molecular flexibility index (Phi) is 6.24. The van der Waals surface area contributed by atoms with E-state index in [4.69, 9.17) is 11.6 Å². The zero-order chi connectivity index (χ0) is 50.2. The van der Waals surface area contributed by atoms with Crippen molar-refractivity contribution in [3.05, 3.63) is 156 Å². The van der Waals surface area contributed by atoms with Crippen molar-refractivity contribution in [1.82, 2.24) is 23.2 Å². The number of aromatic nitrogens is 4. The second-order valence-corrected chi connectivity index (χ2v) is 21.6. The molecule has 13 aromatic carbocycles. The summed E-state index contributed by atoms with van der Waals surface area (Å²) in [6.07, 6.45) is 2.01. The largest absolute Gasteiger partial charge is 0.337 e. The molecule has 0 bridgehead atoms. The number of nitrogens with zero attached hydrogens (tertiary/aromatic N) is 5. The predicted molar refractivity (Wildman–Crippen MR) is 298 cm³/mol. The Hall–Kier alpha value is -9.13. The fourth-order valence-electron chi connectivity index (χ4n) is 15.2. The SMILES string of the molecule is C[CH-]c1ccc(-n2c3cc4c(=O)n(C)c(=O)c5cc6c7c8c(=O)n(C)c(=O)c9cc(C)c%10c%11c(Cl)cc%12c%13c(cc%14c%15c%16c(=O)n(C)c(=O)c%17cc2c2c(c%17%16)c(c6c(c54)c23)c%15c7c(c%14c%13%11)c%10c98)CN(C)C%12=O)cc1. The third-order valence-electron chi connectivity index (χ3n) is 18.1. The molecular weight excluding hydrogens is 950 g/mol. The van der Waals surface area contributed by atoms with Crippen LogP contribution in [0.25, 0.3) is 168 Å². The van der Waals surface area contributed by atoms with E-state index in [1.807, 2.05) is 68.8 Å². The molecule has 0 saturated heterocycles. The molecule has 0 spiro atoms. The normalized spacial score (nSPS) is 14.1. The number of amides is 1. The van der Waals surface area contributed by atoms with Crippen LogP contribution in [-0.2, 0) is 27.7 Å². The van der Waals surface area contributed by atoms with Gasteiger partial charge < -0.3 is 9.47 Å². The highest BCUT2D eigenvalue weighted by Crippen LogP contribution is 2.62. The number of aryl methyl sites for hydroxylation is 1. The van der Waals surface area contributed by atoms with Crippen LogP contribution in [0.15, 0.2) is 89.4 Å². The number of pyridine rings is 3. The van der Waals surface area contributed by atoms with E-state index < -0.39 is 33.4 Å². The molecule has 350 valence electrons. The summed E-state index contributed by atoms with van der Waals surface area (Å²) in [6.45, 7) is 4.17. The fourth-order valence-corrected chi connectivity index (χ4v) is 15.5. The molecule has 0 N–H and O–H groups in total. The molecule has 0 aliphatic carbocycles. The topological polar surface area (TPSA) is 142 Å². The van der Waals surface area contributed by atoms with Crippen LogP contribution in [0, 0.1) is 13.3 Å². The van der Waals surface area contributed by atoms with Crippen molar-refractivity contribution in [3.63, 3.8) is 0 Å². The van der Waals surface area contributed by atoms with Gasteiger partial charge in [-0.3, -0.25) is 47.3 Å². The lowest BCUT2D eigenvalue weighted by Gasteiger charge is -2.31. The van der Waals surface area contributed by atoms with Gasteiger partial charge in [0.1, 0.15) is 0 Å². The predicted octanol–water partition coefficient (Wildman–Crippen LogP) is 10.0. The maximum atomic E-state index is 15.7. The minimum Gasteiger partial charge on any atom is -0.337 e. The van der Waals surface area contributed by atoms with E-state index in [1.165, 1.54) is 25.7 Å². The first-order chi connectivity index (χ1) is 35.6. The van der Waals surface area contributed by atoms with Crippen LogP contribution >= 0.6 is 11.6 Å². The summed E-state index contributed by atoms with van der Waals surface area (Å²) < 4.78 is 5.56. The lowest BCUT2D eigenvalue weighted by atomic mass is 9.73. The molecule has 5 heterocycles. The number of carbonyl (C=O) groups is 1. The lowest BCUT2D eigenvalue weighted by molar-refractivity contribution is 0.0780. The highest BCUT2D eigenvalue weighted by atomic mass is 35.5. The lowest BCUT2D eigenvalue weighted by Crippen LogP contribution is -2.31. The first-order valence-electron chi connectivity index (χ1n) is 24.5. The Labute approximate surface area is 416 Å². The molecule has 0 radical (unpaired) electrons. The van der Waals surface area contributed by atoms with E-state index in [2.05, 4.69) is 10.6 Å². The van der Waals surface area contributed by atoms with Crippen molar-refractivity contribution in [3.8, 4) is 5.69 Å². The summed E-state index contributed by atoms with van der Waals surface area (Å²) in [5.41, 5.74) is 2.20. The van der Waals surface area contributed by atoms with Gasteiger partial charge in [-0.25, -0.2) is 0 Å². The molecule has 0 atom stereocenters. The highest BCUT2D eigenvalue weighted by molar-refractivity contribution is 6.63. The third-order valence-corrected chi connectivity index (χ3v) is 18.4. The molecule has 18 rings (SSSR count). The van der Waals surface area contributed by atoms with Gasteiger partial charge in [0.05, 0.1) is 32.6 Å². The van der Waals surface area contributed by atoms with Gasteiger partial charge in [0, 0.05) is 143 Å². The summed E-state index contributed by atoms with van der Waals surface area (Å²) >= 11 is 7.55. The van der Waals surface area contributed by atoms with Crippen LogP contribution in [-0.4, -0.2) is 36.1 Å². The summed E-state index contributed by atoms with van der Waals surface area (Å²) in [6, 6.07) is 19.3. The number of hydrogen-bond donors (Lipinski definition) is 0. The van der Waals surface area contributed by atoms with E-state index in [-0.39, 0.29) is 23.2 Å². The monoisotopic (exact) mass is 980 g/mol. The second-order valence-electron chi connectivity index (χ2n) is 21.2. The van der Waals surface area contributed by atoms with Gasteiger partial charge in [-0.15, -0.1) is 0 Å². The Balaban J connectivity index is 1.32. The summed E-state index contributed by atoms with van der Waals surface area (Å²) in [5.74, 6) is -0.193. The molecule has 17 aromatic rings. The van der Waals surface area contributed by atoms with Gasteiger partial charge >= 0.3 is 0 Å². The average Bonchev–Trinajstić information content (AvgIpc) is 3.77. The van der Waals surface area contributed by atoms with Crippen molar-refractivity contribution in [1.29, 1.82) is 0 Å². The van der Waals surface area contributed by atoms with Crippen LogP contribution in [0.3, 0.4) is 0 Å². The van der Waals surface area contributed by atoms with Crippen molar-refractivity contribution >= 4 is 179 Å². The average molecular weight is 981 g/mol. The maximum Gasteiger partial charge on any atom is 0.261 e. The maximum absolute atomic E-state index is 15.7. The smallest absolute Gasteiger partial charge is 0.261 e. The molecule has 74 heavy (non-hydrogen) atoms. The molecule has 0 fully saturated rings. The molecular formula is C61H31ClN5O7-. The van der Waals surface area contributed by atoms with Crippen molar-refractivity contribution in [2.24, 2.45) is 21.1 Å². The Morgan fingerprint density at radius 1 is 0.419 bits per heavy atom. The van der Waals surface area contributed by atoms with Gasteiger partial charge in [-0.1, -0.05) is 30.7 Å². The van der Waals surface area contributed by atoms with E-state index in [0.29, 0.717) is 124 Å². The second kappa shape index (κ2) is 11.7. The molecule has 13 heteroatoms. The van der Waals surface area contributed by atoms with Crippen LogP contribution in [0.4, 0.5) is 0 Å². The number of halogens is 1. The van der Waals surface area contributed by atoms with Gasteiger partial charge in [-0.05, 0) is 92.2 Å². The van der Waals surface area contributed by atoms with E-state index in [9.17, 15) is 19.2 Å². The van der Waals surface area contributed by atoms with Gasteiger partial charge in [0.15, 0.2) is 0 Å². The van der Waals surface area contributed by atoms with Crippen LogP contribution in [0.1, 0.15) is 34.0 Å². The number of carbonyl (C=O) groups excluding carboxylic acids is 1. The highest BCUT2D eigenvalue weighted by Gasteiger charge is 2.38. The van der Waals surface area contributed by atoms with Gasteiger partial charge in [0.2, 0.25) is 0 Å². The van der Waals surface area contributed by atoms with Crippen LogP contribution in [0.2, 0.25) is 5.02 Å². The number of hydrogen-bond acceptors (Lipinski definition) is 7. The minimum atomic E-state index is -0.538. The molecule has 0 unspecified atom stereocenters. The van der Waals surface area contributed by atoms with Crippen molar-refractivity contribution in [2.45, 2.75) is 20.4 Å². The molecule has 4 aromatic heterocycles. The van der Waals surface area contributed by atoms with E-state index >= 15 is 14.4 Å². The van der Waals surface area contributed by atoms with Crippen molar-refractivity contribution in [2.75, 3.05) is 7.05 Å². The zero-order valence-electron chi connectivity index (χ0n) is 40.0. The molecule has 12 nitrogen and oxygen atoms in total. The van der Waals surface area contributed by atoms with Crippen LogP contribution < -0.4 is 33.4 Å². The first-order valence-corrected chi connectivity index (χ1v) is 24.8. The van der Waals surface area contributed by atoms with Crippen LogP contribution in [0.5, 0.6) is 0 Å². The quantitative estimate of drug-likeness (QED) is 0.0954. The number of fused-ring (bicyclic) bond motifs is 5. The Morgan fingerprint density at radius 3 is 1.42 bits per heavy atom. The first kappa shape index (κ1) is 39.5. The van der Waals surface area contributed by atoms with Gasteiger partial charge in [0.25, 0.3) is 39.3 Å². The van der Waals surface area contributed by atoms with Gasteiger partial charge in [-0.2, -0.15) is 24.1 Å². The van der Waals surface area contributed by atoms with E-state index in [0.717, 1.165) is 69.2 Å². The number of benzene rings is 13. The van der Waals surface area contributed by atoms with E-state index in [1.54, 1.807) is 18.0 Å². The summed E-state index contributed by atoms with van der Waals surface area (Å²) in [5, 5.41) is 16.6. The molecule has 1 aliphatic rings. The zero-order valence-corrected chi connectivity index (χ0v) is 40.8. The third kappa shape index (κ3) is 3.70. The minimum absolute atomic E-state index is 0.193. The Morgan fingerprint density at radius 2 is 0.851 bits per heavy atom. The molecule has 1 amide bonds. The van der Waals surface area contributed by atoms with Crippen molar-refractivity contribution < 1.29 is 4.79 Å². The number of rotatable bonds is 2. The standard InChI is InChI=1S/C61H31ClN5O7/c1-7-20-8-10-22(11-9-20)67-31-16-28-35-26(57(70)64(4)58(28)71)14-24-37-47(35)43(31)44-32(67)17-29-41-48(44)50(37)51-38(53(41)60(73)66(6)59(29)72)23-13-21-18-63(3)55(68)27-15-30(62)42-33-19(2)12-25-40-45(33)49(36(23)46(42)34(21)27)52(51)39(24)54(40)61(74)65(5)56(25)69/h7-17H,18H2,1-6H3/q-1.